The molecule has 1 aliphatic heterocycles. The largest absolute Gasteiger partial charge is 0.480 e. The molecule has 0 bridgehead atoms. The summed E-state index contributed by atoms with van der Waals surface area (Å²) in [7, 11) is 1.33. The number of nitrogens with one attached hydrogen (secondary N) is 5. The molecule has 4 aromatic rings. The van der Waals surface area contributed by atoms with Crippen LogP contribution in [0.2, 0.25) is 0 Å². The van der Waals surface area contributed by atoms with Crippen molar-refractivity contribution < 1.29 is 38.7 Å². The summed E-state index contributed by atoms with van der Waals surface area (Å²) < 4.78 is 0. The molecule has 6 N–H and O–H groups in total. The van der Waals surface area contributed by atoms with Gasteiger partial charge in [-0.2, -0.15) is 0 Å². The van der Waals surface area contributed by atoms with Crippen LogP contribution in [0, 0.1) is 0 Å². The van der Waals surface area contributed by atoms with E-state index >= 15 is 0 Å². The van der Waals surface area contributed by atoms with E-state index in [1.54, 1.807) is 54.6 Å². The molecule has 1 unspecified atom stereocenters. The predicted molar refractivity (Wildman–Crippen MR) is 243 cm³/mol. The van der Waals surface area contributed by atoms with Gasteiger partial charge in [-0.3, -0.25) is 28.8 Å². The van der Waals surface area contributed by atoms with Crippen molar-refractivity contribution in [2.24, 2.45) is 0 Å². The van der Waals surface area contributed by atoms with Crippen molar-refractivity contribution in [1.29, 1.82) is 0 Å². The average molecular weight is 875 g/mol. The van der Waals surface area contributed by atoms with Gasteiger partial charge in [0.2, 0.25) is 35.4 Å². The molecule has 6 atom stereocenters. The lowest BCUT2D eigenvalue weighted by atomic mass is 9.99. The number of likely N-dealkylation sites (N-methyl/N-ethyl adjacent to an activating group) is 1. The second kappa shape index (κ2) is 23.5. The van der Waals surface area contributed by atoms with E-state index in [0.29, 0.717) is 23.2 Å². The van der Waals surface area contributed by atoms with Crippen LogP contribution < -0.4 is 26.6 Å². The Morgan fingerprint density at radius 2 is 1.14 bits per heavy atom. The summed E-state index contributed by atoms with van der Waals surface area (Å²) in [4.78, 5) is 94.4. The number of hydrogen-bond acceptors (Lipinski definition) is 8. The van der Waals surface area contributed by atoms with Crippen molar-refractivity contribution in [3.05, 3.63) is 138 Å². The number of benzene rings is 4. The lowest BCUT2D eigenvalue weighted by Gasteiger charge is -2.28. The van der Waals surface area contributed by atoms with E-state index in [-0.39, 0.29) is 43.3 Å². The number of carboxylic acid groups (broad SMARTS) is 1. The molecule has 15 heteroatoms. The van der Waals surface area contributed by atoms with Crippen molar-refractivity contribution in [2.45, 2.75) is 87.8 Å². The van der Waals surface area contributed by atoms with Crippen molar-refractivity contribution in [1.82, 2.24) is 26.2 Å². The van der Waals surface area contributed by atoms with Gasteiger partial charge in [0.15, 0.2) is 0 Å². The lowest BCUT2D eigenvalue weighted by molar-refractivity contribution is -0.149. The third-order valence-electron chi connectivity index (χ3n) is 10.6. The van der Waals surface area contributed by atoms with Crippen molar-refractivity contribution >= 4 is 58.9 Å². The van der Waals surface area contributed by atoms with Gasteiger partial charge in [0.05, 0.1) is 0 Å². The fraction of sp³-hybridized carbons (Fsp3) is 0.312. The molecule has 0 spiro atoms. The van der Waals surface area contributed by atoms with E-state index in [9.17, 15) is 38.7 Å². The minimum atomic E-state index is -1.24. The highest BCUT2D eigenvalue weighted by Gasteiger charge is 2.33. The van der Waals surface area contributed by atoms with Crippen molar-refractivity contribution in [2.75, 3.05) is 12.4 Å². The lowest BCUT2D eigenvalue weighted by Crippen LogP contribution is -2.59. The molecule has 0 aromatic heterocycles. The Kier molecular flexibility index (Phi) is 17.6. The molecule has 0 fully saturated rings. The molecule has 0 radical (unpaired) electrons. The van der Waals surface area contributed by atoms with Crippen LogP contribution in [0.5, 0.6) is 0 Å². The van der Waals surface area contributed by atoms with Gasteiger partial charge in [-0.25, -0.2) is 4.79 Å². The maximum absolute atomic E-state index is 14.5. The Morgan fingerprint density at radius 1 is 0.635 bits per heavy atom. The molecule has 5 rings (SSSR count). The van der Waals surface area contributed by atoms with Gasteiger partial charge in [-0.05, 0) is 66.5 Å². The summed E-state index contributed by atoms with van der Waals surface area (Å²) in [5.74, 6) is -4.75. The first-order valence-electron chi connectivity index (χ1n) is 20.8. The maximum Gasteiger partial charge on any atom is 0.326 e. The molecule has 6 amide bonds. The van der Waals surface area contributed by atoms with E-state index in [2.05, 4.69) is 26.6 Å². The number of para-hydroxylation sites is 1. The number of thioether (sulfide) groups is 1. The second-order valence-corrected chi connectivity index (χ2v) is 16.6. The topological polar surface area (TPSA) is 203 Å². The van der Waals surface area contributed by atoms with E-state index < -0.39 is 65.7 Å². The van der Waals surface area contributed by atoms with Crippen LogP contribution in [0.25, 0.3) is 11.1 Å². The van der Waals surface area contributed by atoms with Gasteiger partial charge in [0.1, 0.15) is 30.2 Å². The Labute approximate surface area is 371 Å². The first-order chi connectivity index (χ1) is 30.3. The number of nitrogens with zero attached hydrogens (tertiary/aromatic N) is 1. The first-order valence-corrected chi connectivity index (χ1v) is 21.7. The van der Waals surface area contributed by atoms with Crippen molar-refractivity contribution in [3.63, 3.8) is 0 Å². The number of carboxylic acids is 1. The normalized spacial score (nSPS) is 15.4. The van der Waals surface area contributed by atoms with E-state index in [4.69, 9.17) is 0 Å². The van der Waals surface area contributed by atoms with Gasteiger partial charge in [0.25, 0.3) is 0 Å². The van der Waals surface area contributed by atoms with Gasteiger partial charge < -0.3 is 36.6 Å². The highest BCUT2D eigenvalue weighted by Crippen LogP contribution is 2.28. The van der Waals surface area contributed by atoms with Crippen LogP contribution >= 0.6 is 11.8 Å². The molecule has 63 heavy (non-hydrogen) atoms. The fourth-order valence-electron chi connectivity index (χ4n) is 6.86. The fourth-order valence-corrected chi connectivity index (χ4v) is 7.83. The van der Waals surface area contributed by atoms with Gasteiger partial charge in [-0.1, -0.05) is 109 Å². The summed E-state index contributed by atoms with van der Waals surface area (Å²) in [5.41, 5.74) is 3.93. The highest BCUT2D eigenvalue weighted by molar-refractivity contribution is 8.03. The molecule has 1 aliphatic rings. The number of aliphatic carboxylic acids is 1. The zero-order valence-electron chi connectivity index (χ0n) is 35.5. The standard InChI is InChI=1S/C48H54N6O8S/c1-31(47(60)54(3)32(2)48(61)62)49-44(57)39(28-33-14-7-4-8-15-33)52-45(58)40(29-34-21-23-36(24-22-34)35-16-9-5-10-17-35)53-46(59)41(30-38-20-13-27-63-38)51-43(56)26-25-42(55)50-37-18-11-6-12-19-37/h4-19,21-24,27,31-32,38-41H,20,25-26,28-30H2,1-3H3,(H,49,57)(H,50,55)(H,51,56)(H,52,58)(H,53,59)(H,61,62)/t31-,32-,38?,39+,40-,41+/m0/s1. The Morgan fingerprint density at radius 3 is 1.71 bits per heavy atom. The van der Waals surface area contributed by atoms with Crippen LogP contribution in [-0.4, -0.2) is 93.9 Å². The average Bonchev–Trinajstić information content (AvgIpc) is 3.81. The number of carbonyl (C=O) groups is 7. The molecular weight excluding hydrogens is 821 g/mol. The Balaban J connectivity index is 1.37. The van der Waals surface area contributed by atoms with Crippen LogP contribution in [0.15, 0.2) is 127 Å². The molecule has 1 heterocycles. The van der Waals surface area contributed by atoms with E-state index in [1.165, 1.54) is 32.7 Å². The van der Waals surface area contributed by atoms with Crippen LogP contribution in [-0.2, 0) is 46.4 Å². The summed E-state index contributed by atoms with van der Waals surface area (Å²) in [6.45, 7) is 2.78. The van der Waals surface area contributed by atoms with E-state index in [1.807, 2.05) is 72.1 Å². The smallest absolute Gasteiger partial charge is 0.326 e. The minimum Gasteiger partial charge on any atom is -0.480 e. The third-order valence-corrected chi connectivity index (χ3v) is 11.7. The summed E-state index contributed by atoms with van der Waals surface area (Å²) in [6, 6.07) is 29.2. The Bertz CT molecular complexity index is 2220. The van der Waals surface area contributed by atoms with E-state index in [0.717, 1.165) is 16.0 Å². The van der Waals surface area contributed by atoms with Gasteiger partial charge in [0, 0.05) is 43.7 Å². The van der Waals surface area contributed by atoms with Crippen LogP contribution in [0.1, 0.15) is 50.7 Å². The number of carbonyl (C=O) groups excluding carboxylic acids is 6. The molecule has 0 saturated heterocycles. The molecule has 0 aliphatic carbocycles. The van der Waals surface area contributed by atoms with Crippen LogP contribution in [0.3, 0.4) is 0 Å². The van der Waals surface area contributed by atoms with Gasteiger partial charge >= 0.3 is 5.97 Å². The zero-order chi connectivity index (χ0) is 45.3. The number of anilines is 1. The minimum absolute atomic E-state index is 0.0130. The number of amides is 6. The molecule has 14 nitrogen and oxygen atoms in total. The Hall–Kier alpha value is -6.74. The number of allylic oxidation sites excluding steroid dienone is 1. The molecule has 0 saturated carbocycles. The molecule has 4 aromatic carbocycles. The van der Waals surface area contributed by atoms with Crippen molar-refractivity contribution in [3.8, 4) is 11.1 Å². The summed E-state index contributed by atoms with van der Waals surface area (Å²) in [5, 5.41) is 25.2. The summed E-state index contributed by atoms with van der Waals surface area (Å²) >= 11 is 1.53. The first kappa shape index (κ1) is 47.3. The predicted octanol–water partition coefficient (Wildman–Crippen LogP) is 4.86. The van der Waals surface area contributed by atoms with Crippen LogP contribution in [0.4, 0.5) is 5.69 Å². The SMILES string of the molecule is C[C@H](NC(=O)[C@@H](Cc1ccccc1)NC(=O)[C@H](Cc1ccc(-c2ccccc2)cc1)NC(=O)[C@@H](CC1CC=CS1)NC(=O)CCC(=O)Nc1ccccc1)C(=O)N(C)[C@@H](C)C(=O)O. The number of hydrogen-bond donors (Lipinski definition) is 6. The number of rotatable bonds is 21. The zero-order valence-corrected chi connectivity index (χ0v) is 36.3. The molecule has 330 valence electrons. The quantitative estimate of drug-likeness (QED) is 0.0677. The second-order valence-electron chi connectivity index (χ2n) is 15.4. The molecular formula is C48H54N6O8S. The maximum atomic E-state index is 14.5. The highest BCUT2D eigenvalue weighted by atomic mass is 32.2. The van der Waals surface area contributed by atoms with Gasteiger partial charge in [-0.15, -0.1) is 11.8 Å². The summed E-state index contributed by atoms with van der Waals surface area (Å²) in [6.07, 6.45) is 2.62. The third kappa shape index (κ3) is 14.7. The monoisotopic (exact) mass is 874 g/mol.